The van der Waals surface area contributed by atoms with Crippen LogP contribution in [0.25, 0.3) is 0 Å². The number of piperidine rings is 1. The summed E-state index contributed by atoms with van der Waals surface area (Å²) in [6.45, 7) is 6.18. The molecule has 0 bridgehead atoms. The second-order valence-electron chi connectivity index (χ2n) is 8.16. The van der Waals surface area contributed by atoms with Crippen LogP contribution in [0.4, 0.5) is 0 Å². The van der Waals surface area contributed by atoms with Crippen LogP contribution in [-0.4, -0.2) is 88.4 Å². The number of rotatable bonds is 4. The number of H-pyrrole nitrogens is 1. The topological polar surface area (TPSA) is 68.4 Å². The molecule has 1 atom stereocenters. The average Bonchev–Trinajstić information content (AvgIpc) is 3.11. The molecule has 7 nitrogen and oxygen atoms in total. The van der Waals surface area contributed by atoms with Crippen LogP contribution in [0.1, 0.15) is 37.8 Å². The minimum Gasteiger partial charge on any atom is -0.340 e. The molecule has 138 valence electrons. The SMILES string of the molecule is CN1CCCC(N2CCN(C(=O)C3(Cc4cn[nH]n4)CCC3)CC2)C1. The van der Waals surface area contributed by atoms with Gasteiger partial charge >= 0.3 is 0 Å². The largest absolute Gasteiger partial charge is 0.340 e. The molecule has 2 saturated heterocycles. The Bertz CT molecular complexity index is 576. The smallest absolute Gasteiger partial charge is 0.229 e. The molecule has 1 aromatic heterocycles. The fraction of sp³-hybridized carbons (Fsp3) is 0.833. The summed E-state index contributed by atoms with van der Waals surface area (Å²) in [5, 5.41) is 10.7. The van der Waals surface area contributed by atoms with Crippen molar-refractivity contribution in [2.45, 2.75) is 44.6 Å². The van der Waals surface area contributed by atoms with Crippen molar-refractivity contribution in [3.63, 3.8) is 0 Å². The Morgan fingerprint density at radius 1 is 1.24 bits per heavy atom. The molecule has 4 rings (SSSR count). The van der Waals surface area contributed by atoms with Crippen molar-refractivity contribution in [1.29, 1.82) is 0 Å². The molecule has 0 radical (unpaired) electrons. The number of piperazine rings is 1. The summed E-state index contributed by atoms with van der Waals surface area (Å²) in [5.41, 5.74) is 0.696. The summed E-state index contributed by atoms with van der Waals surface area (Å²) < 4.78 is 0. The van der Waals surface area contributed by atoms with Gasteiger partial charge in [0, 0.05) is 45.2 Å². The third kappa shape index (κ3) is 3.44. The first kappa shape index (κ1) is 17.0. The molecule has 2 aliphatic heterocycles. The number of carbonyl (C=O) groups is 1. The molecule has 0 aromatic carbocycles. The summed E-state index contributed by atoms with van der Waals surface area (Å²) in [5.74, 6) is 0.349. The number of amides is 1. The summed E-state index contributed by atoms with van der Waals surface area (Å²) in [7, 11) is 2.22. The van der Waals surface area contributed by atoms with Crippen LogP contribution in [0.3, 0.4) is 0 Å². The van der Waals surface area contributed by atoms with E-state index in [2.05, 4.69) is 37.2 Å². The van der Waals surface area contributed by atoms with E-state index >= 15 is 0 Å². The highest BCUT2D eigenvalue weighted by Crippen LogP contribution is 2.45. The van der Waals surface area contributed by atoms with Crippen LogP contribution in [0.5, 0.6) is 0 Å². The molecule has 7 heteroatoms. The molecular weight excluding hydrogens is 316 g/mol. The summed E-state index contributed by atoms with van der Waals surface area (Å²) in [6, 6.07) is 0.670. The van der Waals surface area contributed by atoms with Crippen LogP contribution in [0, 0.1) is 5.41 Å². The van der Waals surface area contributed by atoms with Crippen molar-refractivity contribution >= 4 is 5.91 Å². The van der Waals surface area contributed by atoms with Gasteiger partial charge in [0.2, 0.25) is 5.91 Å². The zero-order valence-electron chi connectivity index (χ0n) is 15.3. The van der Waals surface area contributed by atoms with E-state index in [0.717, 1.165) is 57.6 Å². The number of carbonyl (C=O) groups excluding carboxylic acids is 1. The highest BCUT2D eigenvalue weighted by molar-refractivity contribution is 5.84. The van der Waals surface area contributed by atoms with E-state index in [1.165, 1.54) is 25.9 Å². The Morgan fingerprint density at radius 2 is 2.04 bits per heavy atom. The predicted molar refractivity (Wildman–Crippen MR) is 95.0 cm³/mol. The quantitative estimate of drug-likeness (QED) is 0.872. The molecule has 1 N–H and O–H groups in total. The van der Waals surface area contributed by atoms with Crippen LogP contribution < -0.4 is 0 Å². The zero-order valence-corrected chi connectivity index (χ0v) is 15.3. The number of likely N-dealkylation sites (N-methyl/N-ethyl adjacent to an activating group) is 1. The van der Waals surface area contributed by atoms with Crippen molar-refractivity contribution in [2.75, 3.05) is 46.3 Å². The van der Waals surface area contributed by atoms with E-state index < -0.39 is 0 Å². The molecular formula is C18H30N6O. The van der Waals surface area contributed by atoms with Crippen molar-refractivity contribution in [2.24, 2.45) is 5.41 Å². The highest BCUT2D eigenvalue weighted by atomic mass is 16.2. The van der Waals surface area contributed by atoms with Gasteiger partial charge in [-0.1, -0.05) is 6.42 Å². The number of hydrogen-bond acceptors (Lipinski definition) is 5. The van der Waals surface area contributed by atoms with Gasteiger partial charge < -0.3 is 9.80 Å². The first-order valence-electron chi connectivity index (χ1n) is 9.73. The van der Waals surface area contributed by atoms with Crippen molar-refractivity contribution in [3.8, 4) is 0 Å². The van der Waals surface area contributed by atoms with Gasteiger partial charge in [0.1, 0.15) is 0 Å². The van der Waals surface area contributed by atoms with Gasteiger partial charge in [-0.05, 0) is 39.3 Å². The number of hydrogen-bond donors (Lipinski definition) is 1. The molecule has 0 spiro atoms. The first-order valence-corrected chi connectivity index (χ1v) is 9.73. The molecule has 1 unspecified atom stereocenters. The predicted octanol–water partition coefficient (Wildman–Crippen LogP) is 0.756. The number of likely N-dealkylation sites (tertiary alicyclic amines) is 1. The second-order valence-corrected chi connectivity index (χ2v) is 8.16. The summed E-state index contributed by atoms with van der Waals surface area (Å²) in [4.78, 5) is 20.4. The minimum absolute atomic E-state index is 0.218. The molecule has 1 aromatic rings. The van der Waals surface area contributed by atoms with E-state index in [-0.39, 0.29) is 5.41 Å². The Hall–Kier alpha value is -1.47. The van der Waals surface area contributed by atoms with Gasteiger partial charge in [0.15, 0.2) is 0 Å². The third-order valence-electron chi connectivity index (χ3n) is 6.47. The van der Waals surface area contributed by atoms with Gasteiger partial charge in [-0.25, -0.2) is 0 Å². The van der Waals surface area contributed by atoms with E-state index in [1.54, 1.807) is 6.20 Å². The van der Waals surface area contributed by atoms with Gasteiger partial charge in [-0.3, -0.25) is 9.69 Å². The Kier molecular flexibility index (Phi) is 4.78. The number of nitrogens with one attached hydrogen (secondary N) is 1. The number of aromatic nitrogens is 3. The van der Waals surface area contributed by atoms with Gasteiger partial charge in [-0.15, -0.1) is 0 Å². The van der Waals surface area contributed by atoms with E-state index in [1.807, 2.05) is 0 Å². The molecule has 3 fully saturated rings. The minimum atomic E-state index is -0.218. The normalized spacial score (nSPS) is 27.9. The number of aromatic amines is 1. The Morgan fingerprint density at radius 3 is 2.64 bits per heavy atom. The molecule has 1 amide bonds. The number of nitrogens with zero attached hydrogens (tertiary/aromatic N) is 5. The summed E-state index contributed by atoms with van der Waals surface area (Å²) >= 11 is 0. The zero-order chi connectivity index (χ0) is 17.3. The van der Waals surface area contributed by atoms with E-state index in [9.17, 15) is 4.79 Å². The van der Waals surface area contributed by atoms with Gasteiger partial charge in [0.05, 0.1) is 17.3 Å². The lowest BCUT2D eigenvalue weighted by Gasteiger charge is -2.47. The van der Waals surface area contributed by atoms with Crippen LogP contribution in [0.15, 0.2) is 6.20 Å². The van der Waals surface area contributed by atoms with Gasteiger partial charge in [-0.2, -0.15) is 15.4 Å². The van der Waals surface area contributed by atoms with Crippen LogP contribution in [-0.2, 0) is 11.2 Å². The molecule has 3 heterocycles. The lowest BCUT2D eigenvalue weighted by atomic mass is 9.65. The fourth-order valence-corrected chi connectivity index (χ4v) is 4.79. The second kappa shape index (κ2) is 7.03. The van der Waals surface area contributed by atoms with E-state index in [4.69, 9.17) is 0 Å². The Balaban J connectivity index is 1.34. The maximum atomic E-state index is 13.2. The van der Waals surface area contributed by atoms with Crippen LogP contribution in [0.2, 0.25) is 0 Å². The van der Waals surface area contributed by atoms with Crippen molar-refractivity contribution in [3.05, 3.63) is 11.9 Å². The van der Waals surface area contributed by atoms with E-state index in [0.29, 0.717) is 11.9 Å². The van der Waals surface area contributed by atoms with Gasteiger partial charge in [0.25, 0.3) is 0 Å². The lowest BCUT2D eigenvalue weighted by molar-refractivity contribution is -0.149. The average molecular weight is 346 g/mol. The van der Waals surface area contributed by atoms with Crippen LogP contribution >= 0.6 is 0 Å². The third-order valence-corrected chi connectivity index (χ3v) is 6.47. The molecule has 3 aliphatic rings. The maximum absolute atomic E-state index is 13.2. The lowest BCUT2D eigenvalue weighted by Crippen LogP contribution is -2.58. The molecule has 1 saturated carbocycles. The van der Waals surface area contributed by atoms with Crippen molar-refractivity contribution < 1.29 is 4.79 Å². The molecule has 1 aliphatic carbocycles. The summed E-state index contributed by atoms with van der Waals surface area (Å²) in [6.07, 6.45) is 8.22. The molecule has 25 heavy (non-hydrogen) atoms. The maximum Gasteiger partial charge on any atom is 0.229 e. The fourth-order valence-electron chi connectivity index (χ4n) is 4.79. The first-order chi connectivity index (χ1) is 12.2. The monoisotopic (exact) mass is 346 g/mol. The standard InChI is InChI=1S/C18H30N6O/c1-22-7-2-4-16(14-22)23-8-10-24(11-9-23)17(25)18(5-3-6-18)12-15-13-19-21-20-15/h13,16H,2-12,14H2,1H3,(H,19,20,21). The van der Waals surface area contributed by atoms with Crippen molar-refractivity contribution in [1.82, 2.24) is 30.1 Å². The Labute approximate surface area is 149 Å². The highest BCUT2D eigenvalue weighted by Gasteiger charge is 2.47.